The van der Waals surface area contributed by atoms with Crippen LogP contribution >= 0.6 is 0 Å². The predicted molar refractivity (Wildman–Crippen MR) is 102 cm³/mol. The first-order valence-electron chi connectivity index (χ1n) is 9.64. The minimum atomic E-state index is -0.651. The lowest BCUT2D eigenvalue weighted by atomic mass is 10.0. The number of aryl methyl sites for hydroxylation is 1. The van der Waals surface area contributed by atoms with Crippen molar-refractivity contribution in [3.05, 3.63) is 53.2 Å². The molecule has 31 heavy (non-hydrogen) atoms. The van der Waals surface area contributed by atoms with Gasteiger partial charge in [0, 0.05) is 25.0 Å². The van der Waals surface area contributed by atoms with Crippen LogP contribution in [-0.4, -0.2) is 61.9 Å². The maximum atomic E-state index is 14.8. The van der Waals surface area contributed by atoms with Crippen LogP contribution < -0.4 is 4.74 Å². The van der Waals surface area contributed by atoms with Gasteiger partial charge in [0.15, 0.2) is 29.0 Å². The number of carbonyl (C=O) groups is 1. The number of morpholine rings is 1. The zero-order chi connectivity index (χ0) is 21.7. The summed E-state index contributed by atoms with van der Waals surface area (Å²) in [7, 11) is 1.37. The van der Waals surface area contributed by atoms with Crippen LogP contribution in [0.5, 0.6) is 5.75 Å². The molecule has 3 aromatic heterocycles. The fourth-order valence-electron chi connectivity index (χ4n) is 4.10. The Labute approximate surface area is 175 Å². The highest BCUT2D eigenvalue weighted by atomic mass is 19.1. The van der Waals surface area contributed by atoms with E-state index in [0.29, 0.717) is 5.82 Å². The van der Waals surface area contributed by atoms with Crippen molar-refractivity contribution in [3.63, 3.8) is 0 Å². The summed E-state index contributed by atoms with van der Waals surface area (Å²) < 4.78 is 41.8. The van der Waals surface area contributed by atoms with E-state index >= 15 is 0 Å². The average Bonchev–Trinajstić information content (AvgIpc) is 3.18. The van der Waals surface area contributed by atoms with Gasteiger partial charge in [0.1, 0.15) is 11.7 Å². The van der Waals surface area contributed by atoms with Crippen LogP contribution in [0.4, 0.5) is 8.78 Å². The van der Waals surface area contributed by atoms with Gasteiger partial charge in [-0.3, -0.25) is 9.78 Å². The third kappa shape index (κ3) is 2.95. The molecule has 11 heteroatoms. The molecule has 2 aliphatic rings. The van der Waals surface area contributed by atoms with Crippen molar-refractivity contribution in [1.82, 2.24) is 29.6 Å². The topological polar surface area (TPSA) is 95.3 Å². The van der Waals surface area contributed by atoms with Crippen LogP contribution in [0.2, 0.25) is 0 Å². The zero-order valence-corrected chi connectivity index (χ0v) is 16.7. The number of methoxy groups -OCH3 is 1. The molecule has 0 saturated carbocycles. The first-order valence-corrected chi connectivity index (χ1v) is 9.64. The Morgan fingerprint density at radius 3 is 2.77 bits per heavy atom. The zero-order valence-electron chi connectivity index (χ0n) is 16.7. The highest BCUT2D eigenvalue weighted by molar-refractivity contribution is 5.95. The number of rotatable bonds is 3. The summed E-state index contributed by atoms with van der Waals surface area (Å²) in [4.78, 5) is 22.8. The molecule has 0 radical (unpaired) electrons. The predicted octanol–water partition coefficient (Wildman–Crippen LogP) is 1.93. The Morgan fingerprint density at radius 1 is 1.16 bits per heavy atom. The molecule has 1 saturated heterocycles. The van der Waals surface area contributed by atoms with E-state index in [0.717, 1.165) is 0 Å². The van der Waals surface area contributed by atoms with Gasteiger partial charge in [-0.15, -0.1) is 10.2 Å². The minimum absolute atomic E-state index is 0.00710. The number of halogens is 2. The van der Waals surface area contributed by atoms with Gasteiger partial charge in [-0.05, 0) is 13.0 Å². The van der Waals surface area contributed by atoms with Crippen LogP contribution in [-0.2, 0) is 11.3 Å². The SMILES string of the molecule is COc1ccnc(-c2nnc3n2C[C@@H]2COC[C@H]3N2C(=O)c2ccnc(C)c2F)c1F. The maximum Gasteiger partial charge on any atom is 0.258 e. The molecule has 5 heterocycles. The Kier molecular flexibility index (Phi) is 4.62. The van der Waals surface area contributed by atoms with Crippen LogP contribution in [0.25, 0.3) is 11.5 Å². The van der Waals surface area contributed by atoms with Gasteiger partial charge in [0.2, 0.25) is 0 Å². The van der Waals surface area contributed by atoms with Crippen LogP contribution in [0.1, 0.15) is 27.9 Å². The minimum Gasteiger partial charge on any atom is -0.494 e. The molecule has 0 spiro atoms. The lowest BCUT2D eigenvalue weighted by molar-refractivity contribution is -0.0571. The van der Waals surface area contributed by atoms with Gasteiger partial charge in [0.05, 0.1) is 37.6 Å². The average molecular weight is 428 g/mol. The second-order valence-electron chi connectivity index (χ2n) is 7.35. The summed E-state index contributed by atoms with van der Waals surface area (Å²) in [5, 5.41) is 8.34. The highest BCUT2D eigenvalue weighted by Gasteiger charge is 2.44. The van der Waals surface area contributed by atoms with E-state index in [9.17, 15) is 13.6 Å². The third-order valence-corrected chi connectivity index (χ3v) is 5.60. The second-order valence-corrected chi connectivity index (χ2v) is 7.35. The molecule has 0 aromatic carbocycles. The summed E-state index contributed by atoms with van der Waals surface area (Å²) in [6.07, 6.45) is 2.83. The van der Waals surface area contributed by atoms with Crippen molar-refractivity contribution in [2.24, 2.45) is 0 Å². The quantitative estimate of drug-likeness (QED) is 0.629. The van der Waals surface area contributed by atoms with Crippen molar-refractivity contribution >= 4 is 5.91 Å². The van der Waals surface area contributed by atoms with Crippen molar-refractivity contribution < 1.29 is 23.0 Å². The summed E-state index contributed by atoms with van der Waals surface area (Å²) >= 11 is 0. The Balaban J connectivity index is 1.57. The molecule has 5 rings (SSSR count). The Hall–Kier alpha value is -3.47. The van der Waals surface area contributed by atoms with Crippen molar-refractivity contribution in [2.75, 3.05) is 20.3 Å². The summed E-state index contributed by atoms with van der Waals surface area (Å²) in [6.45, 7) is 2.17. The molecule has 9 nitrogen and oxygen atoms in total. The summed E-state index contributed by atoms with van der Waals surface area (Å²) in [6, 6.07) is 1.78. The number of carbonyl (C=O) groups excluding carboxylic acids is 1. The first-order chi connectivity index (χ1) is 15.0. The van der Waals surface area contributed by atoms with Crippen LogP contribution in [0.3, 0.4) is 0 Å². The number of ether oxygens (including phenoxy) is 2. The van der Waals surface area contributed by atoms with E-state index in [4.69, 9.17) is 9.47 Å². The molecule has 1 amide bonds. The molecule has 1 fully saturated rings. The molecule has 3 aromatic rings. The first kappa shape index (κ1) is 19.5. The van der Waals surface area contributed by atoms with E-state index in [1.165, 1.54) is 38.6 Å². The molecule has 2 atom stereocenters. The number of aromatic nitrogens is 5. The molecular formula is C20H18F2N6O3. The summed E-state index contributed by atoms with van der Waals surface area (Å²) in [5.41, 5.74) is 0.0973. The van der Waals surface area contributed by atoms with Crippen molar-refractivity contribution in [3.8, 4) is 17.3 Å². The second kappa shape index (κ2) is 7.34. The molecule has 160 valence electrons. The van der Waals surface area contributed by atoms with Gasteiger partial charge in [-0.25, -0.2) is 13.8 Å². The van der Waals surface area contributed by atoms with E-state index in [-0.39, 0.29) is 48.3 Å². The molecule has 2 bridgehead atoms. The molecular weight excluding hydrogens is 410 g/mol. The molecule has 0 N–H and O–H groups in total. The fraction of sp³-hybridized carbons (Fsp3) is 0.350. The highest BCUT2D eigenvalue weighted by Crippen LogP contribution is 2.37. The molecule has 0 unspecified atom stereocenters. The maximum absolute atomic E-state index is 14.8. The monoisotopic (exact) mass is 428 g/mol. The number of pyridine rings is 2. The van der Waals surface area contributed by atoms with Gasteiger partial charge in [-0.2, -0.15) is 0 Å². The Bertz CT molecular complexity index is 1180. The number of fused-ring (bicyclic) bond motifs is 4. The number of hydrogen-bond donors (Lipinski definition) is 0. The lowest BCUT2D eigenvalue weighted by Gasteiger charge is -2.45. The fourth-order valence-corrected chi connectivity index (χ4v) is 4.10. The van der Waals surface area contributed by atoms with Gasteiger partial charge >= 0.3 is 0 Å². The molecule has 2 aliphatic heterocycles. The van der Waals surface area contributed by atoms with E-state index in [1.807, 2.05) is 0 Å². The van der Waals surface area contributed by atoms with Crippen molar-refractivity contribution in [2.45, 2.75) is 25.6 Å². The summed E-state index contributed by atoms with van der Waals surface area (Å²) in [5.74, 6) is -1.06. The van der Waals surface area contributed by atoms with Crippen LogP contribution in [0, 0.1) is 18.6 Å². The van der Waals surface area contributed by atoms with E-state index in [2.05, 4.69) is 20.2 Å². The van der Waals surface area contributed by atoms with Crippen LogP contribution in [0.15, 0.2) is 24.5 Å². The van der Waals surface area contributed by atoms with Crippen molar-refractivity contribution in [1.29, 1.82) is 0 Å². The number of nitrogens with zero attached hydrogens (tertiary/aromatic N) is 6. The van der Waals surface area contributed by atoms with Gasteiger partial charge in [-0.1, -0.05) is 0 Å². The molecule has 0 aliphatic carbocycles. The smallest absolute Gasteiger partial charge is 0.258 e. The standard InChI is InChI=1S/C20H18F2N6O3/c1-10-15(21)12(3-5-23-10)20(29)28-11-7-27-18(13(28)9-31-8-11)25-26-19(27)17-16(22)14(30-2)4-6-24-17/h3-6,11,13H,7-9H2,1-2H3/t11-,13-/m1/s1. The largest absolute Gasteiger partial charge is 0.494 e. The Morgan fingerprint density at radius 2 is 1.97 bits per heavy atom. The number of amides is 1. The van der Waals surface area contributed by atoms with Gasteiger partial charge < -0.3 is 18.9 Å². The lowest BCUT2D eigenvalue weighted by Crippen LogP contribution is -2.56. The normalized spacial score (nSPS) is 19.8. The number of hydrogen-bond acceptors (Lipinski definition) is 7. The van der Waals surface area contributed by atoms with Gasteiger partial charge in [0.25, 0.3) is 5.91 Å². The van der Waals surface area contributed by atoms with E-state index in [1.54, 1.807) is 9.47 Å². The third-order valence-electron chi connectivity index (χ3n) is 5.60. The van der Waals surface area contributed by atoms with E-state index < -0.39 is 29.6 Å².